The summed E-state index contributed by atoms with van der Waals surface area (Å²) in [5, 5.41) is 12.2. The van der Waals surface area contributed by atoms with Crippen molar-refractivity contribution in [2.75, 3.05) is 18.5 Å². The van der Waals surface area contributed by atoms with Crippen LogP contribution in [0.2, 0.25) is 0 Å². The zero-order valence-electron chi connectivity index (χ0n) is 15.3. The lowest BCUT2D eigenvalue weighted by atomic mass is 9.73. The van der Waals surface area contributed by atoms with Crippen LogP contribution < -0.4 is 10.1 Å². The van der Waals surface area contributed by atoms with Crippen molar-refractivity contribution in [2.24, 2.45) is 0 Å². The molecular formula is C21H19FN2O4. The first-order valence-electron chi connectivity index (χ1n) is 8.83. The van der Waals surface area contributed by atoms with E-state index in [0.717, 1.165) is 0 Å². The van der Waals surface area contributed by atoms with E-state index in [-0.39, 0.29) is 17.0 Å². The number of benzene rings is 2. The largest absolute Gasteiger partial charge is 0.427 e. The van der Waals surface area contributed by atoms with Gasteiger partial charge >= 0.3 is 5.97 Å². The number of carbonyl (C=O) groups excluding carboxylic acids is 2. The van der Waals surface area contributed by atoms with Crippen molar-refractivity contribution in [3.05, 3.63) is 59.4 Å². The minimum Gasteiger partial charge on any atom is -0.427 e. The van der Waals surface area contributed by atoms with Crippen LogP contribution in [0.3, 0.4) is 0 Å². The van der Waals surface area contributed by atoms with Crippen LogP contribution in [0, 0.1) is 17.1 Å². The summed E-state index contributed by atoms with van der Waals surface area (Å²) >= 11 is 0. The first-order chi connectivity index (χ1) is 13.5. The summed E-state index contributed by atoms with van der Waals surface area (Å²) in [6, 6.07) is 12.5. The van der Waals surface area contributed by atoms with Gasteiger partial charge in [0.05, 0.1) is 16.7 Å². The summed E-state index contributed by atoms with van der Waals surface area (Å²) in [6.07, 6.45) is 0.653. The van der Waals surface area contributed by atoms with Gasteiger partial charge in [-0.3, -0.25) is 9.59 Å². The highest BCUT2D eigenvalue weighted by molar-refractivity contribution is 6.00. The van der Waals surface area contributed by atoms with Crippen molar-refractivity contribution in [3.63, 3.8) is 0 Å². The molecule has 3 rings (SSSR count). The van der Waals surface area contributed by atoms with E-state index in [1.807, 2.05) is 6.07 Å². The average Bonchev–Trinajstić information content (AvgIpc) is 2.69. The molecule has 0 bridgehead atoms. The third-order valence-electron chi connectivity index (χ3n) is 4.79. The summed E-state index contributed by atoms with van der Waals surface area (Å²) in [5.41, 5.74) is -0.371. The lowest BCUT2D eigenvalue weighted by Gasteiger charge is -2.36. The van der Waals surface area contributed by atoms with Crippen LogP contribution in [0.15, 0.2) is 42.5 Å². The molecular weight excluding hydrogens is 363 g/mol. The van der Waals surface area contributed by atoms with E-state index in [2.05, 4.69) is 5.32 Å². The fourth-order valence-corrected chi connectivity index (χ4v) is 3.38. The maximum atomic E-state index is 14.5. The number of anilines is 1. The normalized spacial score (nSPS) is 15.3. The molecule has 28 heavy (non-hydrogen) atoms. The molecule has 7 heteroatoms. The molecule has 0 aliphatic carbocycles. The van der Waals surface area contributed by atoms with Gasteiger partial charge in [0.2, 0.25) is 5.91 Å². The van der Waals surface area contributed by atoms with Gasteiger partial charge in [0.25, 0.3) is 0 Å². The second-order valence-corrected chi connectivity index (χ2v) is 6.54. The molecule has 1 aliphatic heterocycles. The number of nitrogens with zero attached hydrogens (tertiary/aromatic N) is 1. The second-order valence-electron chi connectivity index (χ2n) is 6.54. The molecule has 1 amide bonds. The van der Waals surface area contributed by atoms with E-state index in [1.54, 1.807) is 18.2 Å². The number of hydrogen-bond acceptors (Lipinski definition) is 5. The predicted molar refractivity (Wildman–Crippen MR) is 99.2 cm³/mol. The zero-order valence-corrected chi connectivity index (χ0v) is 15.3. The lowest BCUT2D eigenvalue weighted by molar-refractivity contribution is -0.132. The monoisotopic (exact) mass is 382 g/mol. The predicted octanol–water partition coefficient (Wildman–Crippen LogP) is 3.31. The fraction of sp³-hybridized carbons (Fsp3) is 0.286. The molecule has 0 atom stereocenters. The van der Waals surface area contributed by atoms with Gasteiger partial charge in [-0.15, -0.1) is 0 Å². The fourth-order valence-electron chi connectivity index (χ4n) is 3.38. The topological polar surface area (TPSA) is 88.4 Å². The van der Waals surface area contributed by atoms with Crippen molar-refractivity contribution < 1.29 is 23.5 Å². The SMILES string of the molecule is CC(=O)Oc1ccc(NC(=O)C2(c3ccccc3F)CCOCC2)c(C#N)c1. The van der Waals surface area contributed by atoms with E-state index in [9.17, 15) is 19.2 Å². The number of nitrogens with one attached hydrogen (secondary N) is 1. The minimum absolute atomic E-state index is 0.142. The highest BCUT2D eigenvalue weighted by atomic mass is 19.1. The lowest BCUT2D eigenvalue weighted by Crippen LogP contribution is -2.45. The van der Waals surface area contributed by atoms with Crippen molar-refractivity contribution in [2.45, 2.75) is 25.2 Å². The number of hydrogen-bond donors (Lipinski definition) is 1. The smallest absolute Gasteiger partial charge is 0.308 e. The van der Waals surface area contributed by atoms with Gasteiger partial charge in [-0.1, -0.05) is 18.2 Å². The Balaban J connectivity index is 1.94. The van der Waals surface area contributed by atoms with E-state index >= 15 is 0 Å². The molecule has 1 N–H and O–H groups in total. The van der Waals surface area contributed by atoms with Gasteiger partial charge in [-0.05, 0) is 31.0 Å². The van der Waals surface area contributed by atoms with Crippen LogP contribution in [-0.4, -0.2) is 25.1 Å². The molecule has 2 aromatic carbocycles. The van der Waals surface area contributed by atoms with Gasteiger partial charge < -0.3 is 14.8 Å². The molecule has 1 heterocycles. The highest BCUT2D eigenvalue weighted by Gasteiger charge is 2.43. The van der Waals surface area contributed by atoms with Gasteiger partial charge in [0, 0.05) is 31.8 Å². The van der Waals surface area contributed by atoms with Crippen LogP contribution in [-0.2, 0) is 19.7 Å². The summed E-state index contributed by atoms with van der Waals surface area (Å²) in [7, 11) is 0. The Hall–Kier alpha value is -3.24. The Morgan fingerprint density at radius 3 is 2.57 bits per heavy atom. The van der Waals surface area contributed by atoms with Crippen molar-refractivity contribution >= 4 is 17.6 Å². The van der Waals surface area contributed by atoms with E-state index in [0.29, 0.717) is 31.6 Å². The quantitative estimate of drug-likeness (QED) is 0.647. The van der Waals surface area contributed by atoms with Crippen LogP contribution in [0.1, 0.15) is 30.9 Å². The minimum atomic E-state index is -1.09. The maximum absolute atomic E-state index is 14.5. The van der Waals surface area contributed by atoms with Crippen LogP contribution >= 0.6 is 0 Å². The standard InChI is InChI=1S/C21H19FN2O4/c1-14(25)28-16-6-7-19(15(12-16)13-23)24-20(26)21(8-10-27-11-9-21)17-4-2-3-5-18(17)22/h2-7,12H,8-11H2,1H3,(H,24,26). The number of esters is 1. The van der Waals surface area contributed by atoms with E-state index < -0.39 is 23.1 Å². The molecule has 0 radical (unpaired) electrons. The molecule has 1 fully saturated rings. The number of carbonyl (C=O) groups is 2. The van der Waals surface area contributed by atoms with Crippen molar-refractivity contribution in [1.82, 2.24) is 0 Å². The Morgan fingerprint density at radius 2 is 1.93 bits per heavy atom. The van der Waals surface area contributed by atoms with E-state index in [4.69, 9.17) is 9.47 Å². The van der Waals surface area contributed by atoms with Crippen LogP contribution in [0.25, 0.3) is 0 Å². The molecule has 2 aromatic rings. The number of amides is 1. The molecule has 1 saturated heterocycles. The Kier molecular flexibility index (Phi) is 5.71. The summed E-state index contributed by atoms with van der Waals surface area (Å²) in [5.74, 6) is -1.17. The van der Waals surface area contributed by atoms with Crippen LogP contribution in [0.5, 0.6) is 5.75 Å². The third-order valence-corrected chi connectivity index (χ3v) is 4.79. The average molecular weight is 382 g/mol. The number of nitriles is 1. The zero-order chi connectivity index (χ0) is 20.1. The second kappa shape index (κ2) is 8.19. The van der Waals surface area contributed by atoms with Crippen LogP contribution in [0.4, 0.5) is 10.1 Å². The molecule has 0 saturated carbocycles. The van der Waals surface area contributed by atoms with Gasteiger partial charge in [-0.25, -0.2) is 4.39 Å². The Morgan fingerprint density at radius 1 is 1.21 bits per heavy atom. The summed E-state index contributed by atoms with van der Waals surface area (Å²) < 4.78 is 24.9. The first-order valence-corrected chi connectivity index (χ1v) is 8.83. The Bertz CT molecular complexity index is 946. The first kappa shape index (κ1) is 19.5. The number of rotatable bonds is 4. The van der Waals surface area contributed by atoms with Gasteiger partial charge in [0.15, 0.2) is 0 Å². The summed E-state index contributed by atoms with van der Waals surface area (Å²) in [4.78, 5) is 24.3. The van der Waals surface area contributed by atoms with E-state index in [1.165, 1.54) is 31.2 Å². The highest BCUT2D eigenvalue weighted by Crippen LogP contribution is 2.38. The van der Waals surface area contributed by atoms with Crippen molar-refractivity contribution in [1.29, 1.82) is 5.26 Å². The number of halogens is 1. The molecule has 144 valence electrons. The maximum Gasteiger partial charge on any atom is 0.308 e. The molecule has 0 aromatic heterocycles. The summed E-state index contributed by atoms with van der Waals surface area (Å²) in [6.45, 7) is 1.92. The molecule has 6 nitrogen and oxygen atoms in total. The third kappa shape index (κ3) is 3.87. The van der Waals surface area contributed by atoms with Crippen molar-refractivity contribution in [3.8, 4) is 11.8 Å². The van der Waals surface area contributed by atoms with Gasteiger partial charge in [-0.2, -0.15) is 5.26 Å². The molecule has 0 unspecified atom stereocenters. The molecule has 0 spiro atoms. The number of ether oxygens (including phenoxy) is 2. The Labute approximate surface area is 161 Å². The molecule has 1 aliphatic rings. The van der Waals surface area contributed by atoms with Gasteiger partial charge in [0.1, 0.15) is 17.6 Å².